The Kier molecular flexibility index (Phi) is 3.45. The molecular formula is C17H19FN2. The largest absolute Gasteiger partial charge is 0.367 e. The monoisotopic (exact) mass is 270 g/mol. The number of hydrogen-bond acceptors (Lipinski definition) is 2. The van der Waals surface area contributed by atoms with E-state index in [1.807, 2.05) is 13.0 Å². The van der Waals surface area contributed by atoms with Crippen LogP contribution < -0.4 is 10.6 Å². The maximum Gasteiger partial charge on any atom is 0.130 e. The van der Waals surface area contributed by atoms with Gasteiger partial charge in [-0.3, -0.25) is 0 Å². The number of benzene rings is 2. The first kappa shape index (κ1) is 13.1. The van der Waals surface area contributed by atoms with Gasteiger partial charge >= 0.3 is 0 Å². The Labute approximate surface area is 119 Å². The summed E-state index contributed by atoms with van der Waals surface area (Å²) in [6.45, 7) is 3.55. The highest BCUT2D eigenvalue weighted by Gasteiger charge is 2.21. The van der Waals surface area contributed by atoms with Crippen molar-refractivity contribution in [1.29, 1.82) is 0 Å². The molecule has 0 fully saturated rings. The summed E-state index contributed by atoms with van der Waals surface area (Å²) in [5, 5.41) is 0. The molecule has 1 atom stereocenters. The van der Waals surface area contributed by atoms with Crippen molar-refractivity contribution in [3.8, 4) is 0 Å². The molecule has 0 aliphatic carbocycles. The second-order valence-corrected chi connectivity index (χ2v) is 5.40. The molecule has 0 saturated heterocycles. The van der Waals surface area contributed by atoms with Crippen LogP contribution in [0, 0.1) is 5.82 Å². The van der Waals surface area contributed by atoms with Crippen molar-refractivity contribution >= 4 is 5.69 Å². The second kappa shape index (κ2) is 5.25. The Morgan fingerprint density at radius 2 is 1.85 bits per heavy atom. The zero-order valence-corrected chi connectivity index (χ0v) is 11.6. The molecule has 104 valence electrons. The molecule has 0 aromatic heterocycles. The van der Waals surface area contributed by atoms with Gasteiger partial charge in [0, 0.05) is 30.4 Å². The van der Waals surface area contributed by atoms with Gasteiger partial charge in [0.05, 0.1) is 0 Å². The summed E-state index contributed by atoms with van der Waals surface area (Å²) in [6, 6.07) is 13.4. The highest BCUT2D eigenvalue weighted by Crippen LogP contribution is 2.31. The SMILES string of the molecule is C[C@H](N)c1c(F)cccc1N1CCc2ccccc2C1. The standard InChI is InChI=1S/C17H19FN2/c1-12(19)17-15(18)7-4-8-16(17)20-10-9-13-5-2-3-6-14(13)11-20/h2-8,12H,9-11,19H2,1H3/t12-/m0/s1. The van der Waals surface area contributed by atoms with Crippen molar-refractivity contribution in [2.24, 2.45) is 5.73 Å². The van der Waals surface area contributed by atoms with Crippen molar-refractivity contribution < 1.29 is 4.39 Å². The molecule has 2 aromatic rings. The smallest absolute Gasteiger partial charge is 0.130 e. The zero-order valence-electron chi connectivity index (χ0n) is 11.6. The maximum absolute atomic E-state index is 14.0. The average molecular weight is 270 g/mol. The Morgan fingerprint density at radius 1 is 1.10 bits per heavy atom. The minimum absolute atomic E-state index is 0.212. The van der Waals surface area contributed by atoms with Crippen molar-refractivity contribution in [2.45, 2.75) is 25.9 Å². The predicted molar refractivity (Wildman–Crippen MR) is 80.2 cm³/mol. The van der Waals surface area contributed by atoms with Crippen LogP contribution in [0.1, 0.15) is 29.7 Å². The van der Waals surface area contributed by atoms with E-state index < -0.39 is 0 Å². The van der Waals surface area contributed by atoms with Gasteiger partial charge in [0.2, 0.25) is 0 Å². The normalized spacial score (nSPS) is 15.8. The molecule has 3 rings (SSSR count). The van der Waals surface area contributed by atoms with Crippen molar-refractivity contribution in [2.75, 3.05) is 11.4 Å². The van der Waals surface area contributed by atoms with Gasteiger partial charge in [-0.15, -0.1) is 0 Å². The molecule has 2 aromatic carbocycles. The fourth-order valence-corrected chi connectivity index (χ4v) is 2.95. The Hall–Kier alpha value is -1.87. The average Bonchev–Trinajstić information content (AvgIpc) is 2.46. The van der Waals surface area contributed by atoms with E-state index in [1.54, 1.807) is 6.07 Å². The van der Waals surface area contributed by atoms with Gasteiger partial charge in [0.1, 0.15) is 5.82 Å². The summed E-state index contributed by atoms with van der Waals surface area (Å²) in [4.78, 5) is 2.23. The molecular weight excluding hydrogens is 251 g/mol. The van der Waals surface area contributed by atoms with Gasteiger partial charge < -0.3 is 10.6 Å². The number of nitrogens with two attached hydrogens (primary N) is 1. The van der Waals surface area contributed by atoms with E-state index in [0.717, 1.165) is 25.2 Å². The lowest BCUT2D eigenvalue weighted by molar-refractivity contribution is 0.589. The number of fused-ring (bicyclic) bond motifs is 1. The third-order valence-electron chi connectivity index (χ3n) is 3.96. The number of hydrogen-bond donors (Lipinski definition) is 1. The first-order chi connectivity index (χ1) is 9.66. The van der Waals surface area contributed by atoms with Crippen LogP contribution >= 0.6 is 0 Å². The van der Waals surface area contributed by atoms with Crippen LogP contribution in [0.15, 0.2) is 42.5 Å². The first-order valence-electron chi connectivity index (χ1n) is 7.02. The van der Waals surface area contributed by atoms with Gasteiger partial charge in [-0.1, -0.05) is 30.3 Å². The van der Waals surface area contributed by atoms with Gasteiger partial charge in [0.25, 0.3) is 0 Å². The van der Waals surface area contributed by atoms with E-state index in [-0.39, 0.29) is 11.9 Å². The molecule has 1 aliphatic heterocycles. The number of nitrogens with zero attached hydrogens (tertiary/aromatic N) is 1. The maximum atomic E-state index is 14.0. The Balaban J connectivity index is 1.98. The second-order valence-electron chi connectivity index (χ2n) is 5.40. The molecule has 20 heavy (non-hydrogen) atoms. The van der Waals surface area contributed by atoms with Crippen molar-refractivity contribution in [1.82, 2.24) is 0 Å². The lowest BCUT2D eigenvalue weighted by Crippen LogP contribution is -2.32. The van der Waals surface area contributed by atoms with Crippen LogP contribution in [0.2, 0.25) is 0 Å². The fraction of sp³-hybridized carbons (Fsp3) is 0.294. The highest BCUT2D eigenvalue weighted by atomic mass is 19.1. The van der Waals surface area contributed by atoms with Gasteiger partial charge in [0.15, 0.2) is 0 Å². The van der Waals surface area contributed by atoms with Crippen LogP contribution in [0.4, 0.5) is 10.1 Å². The van der Waals surface area contributed by atoms with E-state index in [9.17, 15) is 4.39 Å². The molecule has 0 unspecified atom stereocenters. The third-order valence-corrected chi connectivity index (χ3v) is 3.96. The van der Waals surface area contributed by atoms with Crippen molar-refractivity contribution in [3.63, 3.8) is 0 Å². The van der Waals surface area contributed by atoms with Crippen molar-refractivity contribution in [3.05, 3.63) is 65.0 Å². The molecule has 0 bridgehead atoms. The van der Waals surface area contributed by atoms with E-state index in [2.05, 4.69) is 29.2 Å². The summed E-state index contributed by atoms with van der Waals surface area (Å²) in [7, 11) is 0. The lowest BCUT2D eigenvalue weighted by Gasteiger charge is -2.33. The molecule has 1 aliphatic rings. The molecule has 1 heterocycles. The molecule has 0 saturated carbocycles. The Morgan fingerprint density at radius 3 is 2.60 bits per heavy atom. The summed E-state index contributed by atoms with van der Waals surface area (Å²) in [5.41, 5.74) is 10.2. The first-order valence-corrected chi connectivity index (χ1v) is 7.02. The third kappa shape index (κ3) is 2.29. The fourth-order valence-electron chi connectivity index (χ4n) is 2.95. The minimum atomic E-state index is -0.302. The molecule has 3 heteroatoms. The number of halogens is 1. The Bertz CT molecular complexity index is 622. The van der Waals surface area contributed by atoms with Gasteiger partial charge in [-0.05, 0) is 36.6 Å². The van der Waals surface area contributed by atoms with Crippen LogP contribution in [0.3, 0.4) is 0 Å². The zero-order chi connectivity index (χ0) is 14.1. The molecule has 2 N–H and O–H groups in total. The topological polar surface area (TPSA) is 29.3 Å². The molecule has 0 radical (unpaired) electrons. The highest BCUT2D eigenvalue weighted by molar-refractivity contribution is 5.57. The number of anilines is 1. The summed E-state index contributed by atoms with van der Waals surface area (Å²) >= 11 is 0. The van der Waals surface area contributed by atoms with Crippen LogP contribution in [0.25, 0.3) is 0 Å². The van der Waals surface area contributed by atoms with Gasteiger partial charge in [-0.2, -0.15) is 0 Å². The van der Waals surface area contributed by atoms with Crippen LogP contribution in [-0.4, -0.2) is 6.54 Å². The lowest BCUT2D eigenvalue weighted by atomic mass is 9.97. The minimum Gasteiger partial charge on any atom is -0.367 e. The molecule has 0 amide bonds. The van der Waals surface area contributed by atoms with E-state index in [1.165, 1.54) is 17.2 Å². The molecule has 0 spiro atoms. The van der Waals surface area contributed by atoms with Crippen LogP contribution in [0.5, 0.6) is 0 Å². The van der Waals surface area contributed by atoms with Crippen LogP contribution in [-0.2, 0) is 13.0 Å². The summed E-state index contributed by atoms with van der Waals surface area (Å²) in [5.74, 6) is -0.212. The molecule has 2 nitrogen and oxygen atoms in total. The number of rotatable bonds is 2. The van der Waals surface area contributed by atoms with Gasteiger partial charge in [-0.25, -0.2) is 4.39 Å². The quantitative estimate of drug-likeness (QED) is 0.906. The summed E-state index contributed by atoms with van der Waals surface area (Å²) in [6.07, 6.45) is 0.991. The van der Waals surface area contributed by atoms with E-state index >= 15 is 0 Å². The predicted octanol–water partition coefficient (Wildman–Crippen LogP) is 3.41. The summed E-state index contributed by atoms with van der Waals surface area (Å²) < 4.78 is 14.0. The van der Waals surface area contributed by atoms with E-state index in [0.29, 0.717) is 5.56 Å². The van der Waals surface area contributed by atoms with E-state index in [4.69, 9.17) is 5.73 Å².